The van der Waals surface area contributed by atoms with Crippen molar-refractivity contribution in [1.82, 2.24) is 0 Å². The predicted octanol–water partition coefficient (Wildman–Crippen LogP) is 4.26. The van der Waals surface area contributed by atoms with Gasteiger partial charge in [-0.05, 0) is 31.0 Å². The van der Waals surface area contributed by atoms with E-state index in [1.807, 2.05) is 6.07 Å². The van der Waals surface area contributed by atoms with E-state index >= 15 is 0 Å². The number of halogens is 2. The van der Waals surface area contributed by atoms with E-state index in [0.717, 1.165) is 37.8 Å². The van der Waals surface area contributed by atoms with Crippen molar-refractivity contribution in [2.45, 2.75) is 44.2 Å². The Morgan fingerprint density at radius 1 is 1.20 bits per heavy atom. The Labute approximate surface area is 131 Å². The van der Waals surface area contributed by atoms with Gasteiger partial charge in [0.05, 0.1) is 22.2 Å². The molecule has 0 amide bonds. The van der Waals surface area contributed by atoms with Gasteiger partial charge in [-0.15, -0.1) is 0 Å². The quantitative estimate of drug-likeness (QED) is 0.636. The van der Waals surface area contributed by atoms with E-state index in [-0.39, 0.29) is 12.1 Å². The molecule has 2 N–H and O–H groups in total. The van der Waals surface area contributed by atoms with Crippen LogP contribution < -0.4 is 5.32 Å². The summed E-state index contributed by atoms with van der Waals surface area (Å²) in [6.07, 6.45) is 4.56. The molecule has 0 bridgehead atoms. The molecule has 0 saturated heterocycles. The van der Waals surface area contributed by atoms with Crippen LogP contribution in [-0.4, -0.2) is 20.9 Å². The van der Waals surface area contributed by atoms with Crippen molar-refractivity contribution in [3.63, 3.8) is 0 Å². The second-order valence-electron chi connectivity index (χ2n) is 4.87. The number of hydrogen-bond acceptors (Lipinski definition) is 3. The average molecular weight is 338 g/mol. The molecule has 0 radical (unpaired) electrons. The summed E-state index contributed by atoms with van der Waals surface area (Å²) >= 11 is 9.64. The highest BCUT2D eigenvalue weighted by atomic mass is 35.5. The summed E-state index contributed by atoms with van der Waals surface area (Å²) in [7, 11) is 0. The zero-order valence-electron chi connectivity index (χ0n) is 10.9. The monoisotopic (exact) mass is 337 g/mol. The number of anilines is 1. The lowest BCUT2D eigenvalue weighted by atomic mass is 10.1. The van der Waals surface area contributed by atoms with Gasteiger partial charge >= 0.3 is 11.4 Å². The smallest absolute Gasteiger partial charge is 0.302 e. The molecule has 7 heteroatoms. The van der Waals surface area contributed by atoms with Crippen molar-refractivity contribution in [3.05, 3.63) is 28.2 Å². The fourth-order valence-corrected chi connectivity index (χ4v) is 3.20. The van der Waals surface area contributed by atoms with E-state index in [2.05, 4.69) is 5.32 Å². The maximum Gasteiger partial charge on any atom is 0.302 e. The molecule has 4 nitrogen and oxygen atoms in total. The van der Waals surface area contributed by atoms with Crippen LogP contribution >= 0.6 is 23.2 Å². The fraction of sp³-hybridized carbons (Fsp3) is 0.538. The van der Waals surface area contributed by atoms with Gasteiger partial charge in [-0.1, -0.05) is 42.5 Å². The summed E-state index contributed by atoms with van der Waals surface area (Å²) in [5.41, 5.74) is 0.837. The minimum absolute atomic E-state index is 0.00848. The van der Waals surface area contributed by atoms with Crippen LogP contribution in [0.1, 0.15) is 32.1 Å². The van der Waals surface area contributed by atoms with Crippen LogP contribution in [0.5, 0.6) is 0 Å². The minimum atomic E-state index is -2.24. The number of rotatable bonds is 4. The molecule has 1 aromatic rings. The lowest BCUT2D eigenvalue weighted by Gasteiger charge is -2.25. The molecule has 3 atom stereocenters. The first-order valence-electron chi connectivity index (χ1n) is 6.56. The molecule has 0 aliphatic heterocycles. The third kappa shape index (κ3) is 4.60. The summed E-state index contributed by atoms with van der Waals surface area (Å²) in [5, 5.41) is 4.31. The summed E-state index contributed by atoms with van der Waals surface area (Å²) in [6, 6.07) is 5.31. The average Bonchev–Trinajstić information content (AvgIpc) is 2.59. The third-order valence-electron chi connectivity index (χ3n) is 3.43. The zero-order chi connectivity index (χ0) is 14.5. The van der Waals surface area contributed by atoms with Crippen molar-refractivity contribution in [3.8, 4) is 0 Å². The molecule has 112 valence electrons. The maximum atomic E-state index is 10.9. The number of nitrogens with one attached hydrogen (secondary N) is 1. The second kappa shape index (κ2) is 7.61. The number of benzene rings is 1. The number of hydrogen-bond donors (Lipinski definition) is 2. The van der Waals surface area contributed by atoms with Crippen LogP contribution in [0.15, 0.2) is 18.2 Å². The van der Waals surface area contributed by atoms with Crippen LogP contribution in [0, 0.1) is 0 Å². The van der Waals surface area contributed by atoms with Crippen molar-refractivity contribution in [2.75, 3.05) is 5.32 Å². The summed E-state index contributed by atoms with van der Waals surface area (Å²) in [6.45, 7) is 0. The molecule has 2 rings (SSSR count). The van der Waals surface area contributed by atoms with Gasteiger partial charge in [0.25, 0.3) is 0 Å². The molecular weight excluding hydrogens is 321 g/mol. The van der Waals surface area contributed by atoms with Gasteiger partial charge in [-0.25, -0.2) is 0 Å². The molecule has 3 unspecified atom stereocenters. The SMILES string of the molecule is O=S(O)OC1CCCCCC1Nc1ccc(Cl)c(Cl)c1. The summed E-state index contributed by atoms with van der Waals surface area (Å²) in [4.78, 5) is 0. The minimum Gasteiger partial charge on any atom is -0.380 e. The largest absolute Gasteiger partial charge is 0.380 e. The predicted molar refractivity (Wildman–Crippen MR) is 82.6 cm³/mol. The molecule has 1 aliphatic rings. The van der Waals surface area contributed by atoms with E-state index in [9.17, 15) is 4.21 Å². The molecule has 20 heavy (non-hydrogen) atoms. The summed E-state index contributed by atoms with van der Waals surface area (Å²) < 4.78 is 25.0. The van der Waals surface area contributed by atoms with Crippen LogP contribution in [0.25, 0.3) is 0 Å². The van der Waals surface area contributed by atoms with Crippen molar-refractivity contribution < 1.29 is 12.9 Å². The van der Waals surface area contributed by atoms with Crippen molar-refractivity contribution >= 4 is 40.3 Å². The zero-order valence-corrected chi connectivity index (χ0v) is 13.2. The van der Waals surface area contributed by atoms with Crippen LogP contribution in [-0.2, 0) is 15.5 Å². The van der Waals surface area contributed by atoms with Crippen molar-refractivity contribution in [2.24, 2.45) is 0 Å². The van der Waals surface area contributed by atoms with Gasteiger partial charge in [-0.3, -0.25) is 8.74 Å². The standard InChI is InChI=1S/C13H17Cl2NO3S/c14-10-7-6-9(8-11(10)15)16-12-4-2-1-3-5-13(12)19-20(17)18/h6-8,12-13,16H,1-5H2,(H,17,18). The van der Waals surface area contributed by atoms with Crippen LogP contribution in [0.3, 0.4) is 0 Å². The second-order valence-corrected chi connectivity index (χ2v) is 6.31. The first-order chi connectivity index (χ1) is 9.56. The normalized spacial score (nSPS) is 24.9. The Balaban J connectivity index is 2.09. The topological polar surface area (TPSA) is 58.6 Å². The molecule has 1 fully saturated rings. The Morgan fingerprint density at radius 2 is 1.95 bits per heavy atom. The summed E-state index contributed by atoms with van der Waals surface area (Å²) in [5.74, 6) is 0. The molecule has 0 heterocycles. The molecule has 1 aliphatic carbocycles. The first kappa shape index (κ1) is 16.0. The molecule has 0 spiro atoms. The van der Waals surface area contributed by atoms with Gasteiger partial charge in [0.2, 0.25) is 0 Å². The Hall–Kier alpha value is -0.330. The van der Waals surface area contributed by atoms with Gasteiger partial charge in [-0.2, -0.15) is 4.21 Å². The molecule has 1 aromatic carbocycles. The lowest BCUT2D eigenvalue weighted by Crippen LogP contribution is -2.35. The maximum absolute atomic E-state index is 10.9. The van der Waals surface area contributed by atoms with E-state index < -0.39 is 11.4 Å². The van der Waals surface area contributed by atoms with E-state index in [4.69, 9.17) is 31.9 Å². The molecule has 1 saturated carbocycles. The van der Waals surface area contributed by atoms with E-state index in [0.29, 0.717) is 10.0 Å². The highest BCUT2D eigenvalue weighted by Crippen LogP contribution is 2.28. The van der Waals surface area contributed by atoms with E-state index in [1.54, 1.807) is 12.1 Å². The molecule has 0 aromatic heterocycles. The van der Waals surface area contributed by atoms with Gasteiger partial charge in [0.15, 0.2) is 0 Å². The Kier molecular flexibility index (Phi) is 6.11. The molecular formula is C13H17Cl2NO3S. The third-order valence-corrected chi connectivity index (χ3v) is 4.58. The Morgan fingerprint density at radius 3 is 2.65 bits per heavy atom. The van der Waals surface area contributed by atoms with Gasteiger partial charge in [0, 0.05) is 5.69 Å². The first-order valence-corrected chi connectivity index (χ1v) is 8.34. The highest BCUT2D eigenvalue weighted by molar-refractivity contribution is 7.74. The highest BCUT2D eigenvalue weighted by Gasteiger charge is 2.26. The van der Waals surface area contributed by atoms with Crippen LogP contribution in [0.2, 0.25) is 10.0 Å². The van der Waals surface area contributed by atoms with E-state index in [1.165, 1.54) is 0 Å². The van der Waals surface area contributed by atoms with Gasteiger partial charge < -0.3 is 5.32 Å². The van der Waals surface area contributed by atoms with Crippen LogP contribution in [0.4, 0.5) is 5.69 Å². The Bertz CT molecular complexity index is 487. The van der Waals surface area contributed by atoms with Crippen molar-refractivity contribution in [1.29, 1.82) is 0 Å². The van der Waals surface area contributed by atoms with Gasteiger partial charge in [0.1, 0.15) is 0 Å². The fourth-order valence-electron chi connectivity index (χ4n) is 2.46. The lowest BCUT2D eigenvalue weighted by molar-refractivity contribution is 0.173.